The first-order valence-electron chi connectivity index (χ1n) is 5.69. The molecule has 2 aromatic rings. The van der Waals surface area contributed by atoms with Crippen LogP contribution in [0.4, 0.5) is 0 Å². The van der Waals surface area contributed by atoms with Crippen LogP contribution >= 0.6 is 0 Å². The Bertz CT molecular complexity index is 629. The SMILES string of the molecule is COC(=O)CC(=O)OC.O=c1ccc2ccccc2o1. The van der Waals surface area contributed by atoms with E-state index in [1.54, 1.807) is 12.1 Å². The second kappa shape index (κ2) is 7.73. The van der Waals surface area contributed by atoms with E-state index in [1.165, 1.54) is 20.3 Å². The third-order valence-corrected chi connectivity index (χ3v) is 2.27. The molecule has 0 saturated carbocycles. The average Bonchev–Trinajstić information content (AvgIpc) is 2.47. The molecule has 0 aliphatic carbocycles. The van der Waals surface area contributed by atoms with Crippen LogP contribution in [0.3, 0.4) is 0 Å². The Labute approximate surface area is 114 Å². The molecule has 0 radical (unpaired) electrons. The summed E-state index contributed by atoms with van der Waals surface area (Å²) in [7, 11) is 2.43. The summed E-state index contributed by atoms with van der Waals surface area (Å²) in [5.41, 5.74) is 0.337. The van der Waals surface area contributed by atoms with Crippen molar-refractivity contribution in [2.45, 2.75) is 6.42 Å². The van der Waals surface area contributed by atoms with Crippen LogP contribution in [0.2, 0.25) is 0 Å². The smallest absolute Gasteiger partial charge is 0.336 e. The molecule has 1 aromatic heterocycles. The molecule has 6 heteroatoms. The van der Waals surface area contributed by atoms with Gasteiger partial charge in [-0.1, -0.05) is 18.2 Å². The zero-order chi connectivity index (χ0) is 15.0. The van der Waals surface area contributed by atoms with Gasteiger partial charge in [0.05, 0.1) is 14.2 Å². The maximum absolute atomic E-state index is 10.7. The minimum absolute atomic E-state index is 0.302. The number of methoxy groups -OCH3 is 2. The third-order valence-electron chi connectivity index (χ3n) is 2.27. The molecular formula is C14H14O6. The van der Waals surface area contributed by atoms with E-state index in [9.17, 15) is 14.4 Å². The van der Waals surface area contributed by atoms with Crippen LogP contribution in [0.5, 0.6) is 0 Å². The Kier molecular flexibility index (Phi) is 5.96. The van der Waals surface area contributed by atoms with Crippen LogP contribution in [0.25, 0.3) is 11.0 Å². The Balaban J connectivity index is 0.000000206. The number of fused-ring (bicyclic) bond motifs is 1. The van der Waals surface area contributed by atoms with Crippen LogP contribution < -0.4 is 5.63 Å². The van der Waals surface area contributed by atoms with E-state index in [4.69, 9.17) is 4.42 Å². The molecule has 0 amide bonds. The number of benzene rings is 1. The number of rotatable bonds is 2. The van der Waals surface area contributed by atoms with Gasteiger partial charge in [0.1, 0.15) is 12.0 Å². The van der Waals surface area contributed by atoms with Gasteiger partial charge >= 0.3 is 17.6 Å². The Hall–Kier alpha value is -2.63. The summed E-state index contributed by atoms with van der Waals surface area (Å²) >= 11 is 0. The van der Waals surface area contributed by atoms with Gasteiger partial charge in [-0.15, -0.1) is 0 Å². The third kappa shape index (κ3) is 4.93. The van der Waals surface area contributed by atoms with E-state index in [0.29, 0.717) is 5.58 Å². The van der Waals surface area contributed by atoms with Gasteiger partial charge in [0.2, 0.25) is 0 Å². The standard InChI is InChI=1S/C9H6O2.C5H8O4/c10-9-6-5-7-3-1-2-4-8(7)11-9;1-8-4(6)3-5(7)9-2/h1-6H;3H2,1-2H3. The fourth-order valence-electron chi connectivity index (χ4n) is 1.27. The topological polar surface area (TPSA) is 82.8 Å². The van der Waals surface area contributed by atoms with Crippen LogP contribution in [0, 0.1) is 0 Å². The van der Waals surface area contributed by atoms with Crippen molar-refractivity contribution in [2.75, 3.05) is 14.2 Å². The number of esters is 2. The van der Waals surface area contributed by atoms with Gasteiger partial charge in [0.25, 0.3) is 0 Å². The predicted molar refractivity (Wildman–Crippen MR) is 71.1 cm³/mol. The van der Waals surface area contributed by atoms with E-state index in [2.05, 4.69) is 9.47 Å². The minimum Gasteiger partial charge on any atom is -0.469 e. The average molecular weight is 278 g/mol. The number of carbonyl (C=O) groups is 2. The lowest BCUT2D eigenvalue weighted by atomic mass is 10.2. The highest BCUT2D eigenvalue weighted by Gasteiger charge is 2.07. The van der Waals surface area contributed by atoms with Gasteiger partial charge in [0.15, 0.2) is 0 Å². The van der Waals surface area contributed by atoms with Gasteiger partial charge in [-0.2, -0.15) is 0 Å². The highest BCUT2D eigenvalue weighted by Crippen LogP contribution is 2.08. The molecular weight excluding hydrogens is 264 g/mol. The van der Waals surface area contributed by atoms with E-state index in [1.807, 2.05) is 18.2 Å². The summed E-state index contributed by atoms with van der Waals surface area (Å²) in [5, 5.41) is 0.951. The Morgan fingerprint density at radius 2 is 1.60 bits per heavy atom. The van der Waals surface area contributed by atoms with E-state index in [-0.39, 0.29) is 12.0 Å². The van der Waals surface area contributed by atoms with Crippen molar-refractivity contribution in [2.24, 2.45) is 0 Å². The summed E-state index contributed by atoms with van der Waals surface area (Å²) < 4.78 is 13.3. The fourth-order valence-corrected chi connectivity index (χ4v) is 1.27. The van der Waals surface area contributed by atoms with Gasteiger partial charge in [-0.25, -0.2) is 4.79 Å². The molecule has 106 valence electrons. The molecule has 20 heavy (non-hydrogen) atoms. The zero-order valence-corrected chi connectivity index (χ0v) is 11.1. The number of para-hydroxylation sites is 1. The predicted octanol–water partition coefficient (Wildman–Crippen LogP) is 1.52. The normalized spacial score (nSPS) is 9.30. The maximum Gasteiger partial charge on any atom is 0.336 e. The molecule has 0 bridgehead atoms. The summed E-state index contributed by atoms with van der Waals surface area (Å²) in [4.78, 5) is 31.2. The molecule has 0 spiro atoms. The van der Waals surface area contributed by atoms with Crippen LogP contribution in [-0.4, -0.2) is 26.2 Å². The van der Waals surface area contributed by atoms with Gasteiger partial charge in [-0.05, 0) is 12.1 Å². The number of carbonyl (C=O) groups excluding carboxylic acids is 2. The first-order valence-corrected chi connectivity index (χ1v) is 5.69. The van der Waals surface area contributed by atoms with E-state index < -0.39 is 11.9 Å². The molecule has 6 nitrogen and oxygen atoms in total. The summed E-state index contributed by atoms with van der Waals surface area (Å²) in [6, 6.07) is 10.6. The summed E-state index contributed by atoms with van der Waals surface area (Å²) in [5.74, 6) is -1.16. The van der Waals surface area contributed by atoms with Crippen molar-refractivity contribution in [3.8, 4) is 0 Å². The second-order valence-corrected chi connectivity index (χ2v) is 3.62. The molecule has 0 N–H and O–H groups in total. The maximum atomic E-state index is 10.7. The van der Waals surface area contributed by atoms with Crippen LogP contribution in [-0.2, 0) is 19.1 Å². The lowest BCUT2D eigenvalue weighted by Gasteiger charge is -1.95. The van der Waals surface area contributed by atoms with Gasteiger partial charge in [0, 0.05) is 11.5 Å². The summed E-state index contributed by atoms with van der Waals surface area (Å²) in [6.45, 7) is 0. The highest BCUT2D eigenvalue weighted by molar-refractivity contribution is 5.90. The molecule has 1 aromatic carbocycles. The Morgan fingerprint density at radius 3 is 2.20 bits per heavy atom. The lowest BCUT2D eigenvalue weighted by molar-refractivity contribution is -0.151. The molecule has 0 saturated heterocycles. The van der Waals surface area contributed by atoms with Crippen molar-refractivity contribution in [3.63, 3.8) is 0 Å². The monoisotopic (exact) mass is 278 g/mol. The number of ether oxygens (including phenoxy) is 2. The molecule has 0 aliphatic heterocycles. The molecule has 0 atom stereocenters. The van der Waals surface area contributed by atoms with E-state index in [0.717, 1.165) is 5.39 Å². The minimum atomic E-state index is -0.582. The fraction of sp³-hybridized carbons (Fsp3) is 0.214. The second-order valence-electron chi connectivity index (χ2n) is 3.62. The van der Waals surface area contributed by atoms with Crippen molar-refractivity contribution in [1.29, 1.82) is 0 Å². The number of hydrogen-bond acceptors (Lipinski definition) is 6. The van der Waals surface area contributed by atoms with Crippen LogP contribution in [0.1, 0.15) is 6.42 Å². The molecule has 1 heterocycles. The van der Waals surface area contributed by atoms with Crippen molar-refractivity contribution in [1.82, 2.24) is 0 Å². The largest absolute Gasteiger partial charge is 0.469 e. The zero-order valence-electron chi connectivity index (χ0n) is 11.1. The quantitative estimate of drug-likeness (QED) is 0.470. The number of hydrogen-bond donors (Lipinski definition) is 0. The first kappa shape index (κ1) is 15.4. The van der Waals surface area contributed by atoms with Crippen molar-refractivity contribution >= 4 is 22.9 Å². The van der Waals surface area contributed by atoms with Gasteiger partial charge in [-0.3, -0.25) is 9.59 Å². The van der Waals surface area contributed by atoms with Gasteiger partial charge < -0.3 is 13.9 Å². The van der Waals surface area contributed by atoms with Crippen molar-refractivity contribution in [3.05, 3.63) is 46.8 Å². The molecule has 0 fully saturated rings. The summed E-state index contributed by atoms with van der Waals surface area (Å²) in [6.07, 6.45) is -0.312. The highest BCUT2D eigenvalue weighted by atomic mass is 16.5. The molecule has 0 aliphatic rings. The molecule has 2 rings (SSSR count). The van der Waals surface area contributed by atoms with Crippen molar-refractivity contribution < 1.29 is 23.5 Å². The van der Waals surface area contributed by atoms with Crippen LogP contribution in [0.15, 0.2) is 45.6 Å². The Morgan fingerprint density at radius 1 is 1.00 bits per heavy atom. The van der Waals surface area contributed by atoms with E-state index >= 15 is 0 Å². The molecule has 0 unspecified atom stereocenters. The first-order chi connectivity index (χ1) is 9.56. The lowest BCUT2D eigenvalue weighted by Crippen LogP contribution is -2.09.